The number of aliphatic hydroxyl groups is 1. The van der Waals surface area contributed by atoms with Crippen LogP contribution in [0.25, 0.3) is 0 Å². The smallest absolute Gasteiger partial charge is 0.234 e. The summed E-state index contributed by atoms with van der Waals surface area (Å²) >= 11 is 0. The van der Waals surface area contributed by atoms with E-state index >= 15 is 0 Å². The number of morpholine rings is 1. The highest BCUT2D eigenvalue weighted by molar-refractivity contribution is 5.78. The van der Waals surface area contributed by atoms with Gasteiger partial charge < -0.3 is 19.9 Å². The number of rotatable bonds is 8. The number of hydrogen-bond donors (Lipinski definition) is 2. The maximum atomic E-state index is 12.4. The molecule has 1 aromatic heterocycles. The van der Waals surface area contributed by atoms with Gasteiger partial charge in [0.05, 0.1) is 44.2 Å². The summed E-state index contributed by atoms with van der Waals surface area (Å²) in [5.74, 6) is 0.565. The summed E-state index contributed by atoms with van der Waals surface area (Å²) < 4.78 is 13.3. The third kappa shape index (κ3) is 5.78. The first-order valence-corrected chi connectivity index (χ1v) is 11.5. The average Bonchev–Trinajstić information content (AvgIpc) is 3.45. The number of amides is 1. The van der Waals surface area contributed by atoms with E-state index in [1.807, 2.05) is 4.68 Å². The first-order chi connectivity index (χ1) is 14.7. The fourth-order valence-corrected chi connectivity index (χ4v) is 4.83. The topological polar surface area (TPSA) is 102 Å². The van der Waals surface area contributed by atoms with E-state index in [1.165, 1.54) is 25.7 Å². The Balaban J connectivity index is 1.20. The van der Waals surface area contributed by atoms with Gasteiger partial charge in [-0.15, -0.1) is 5.10 Å². The van der Waals surface area contributed by atoms with Gasteiger partial charge in [0.25, 0.3) is 0 Å². The average molecular weight is 422 g/mol. The van der Waals surface area contributed by atoms with Gasteiger partial charge in [-0.1, -0.05) is 18.1 Å². The third-order valence-corrected chi connectivity index (χ3v) is 6.62. The Kier molecular flexibility index (Phi) is 7.70. The summed E-state index contributed by atoms with van der Waals surface area (Å²) in [6.45, 7) is 3.96. The lowest BCUT2D eigenvalue weighted by atomic mass is 9.97. The van der Waals surface area contributed by atoms with Gasteiger partial charge >= 0.3 is 0 Å². The second-order valence-electron chi connectivity index (χ2n) is 8.80. The van der Waals surface area contributed by atoms with Crippen molar-refractivity contribution in [3.63, 3.8) is 0 Å². The molecule has 4 rings (SSSR count). The molecule has 1 aliphatic carbocycles. The molecule has 3 atom stereocenters. The highest BCUT2D eigenvalue weighted by Gasteiger charge is 2.32. The zero-order valence-electron chi connectivity index (χ0n) is 17.7. The van der Waals surface area contributed by atoms with E-state index in [1.54, 1.807) is 0 Å². The Morgan fingerprint density at radius 3 is 2.77 bits per heavy atom. The zero-order chi connectivity index (χ0) is 20.8. The Labute approximate surface area is 178 Å². The molecule has 9 heteroatoms. The van der Waals surface area contributed by atoms with Crippen LogP contribution in [0.15, 0.2) is 6.20 Å². The normalized spacial score (nSPS) is 28.6. The van der Waals surface area contributed by atoms with Gasteiger partial charge in [-0.2, -0.15) is 0 Å². The van der Waals surface area contributed by atoms with E-state index in [9.17, 15) is 9.90 Å². The SMILES string of the molecule is O=C(CN1CCOCC1)N[C@@H]1CC[C@@H](CCn2cc(C3CCCC3)nn2)O[C@@H]1CO. The van der Waals surface area contributed by atoms with Crippen LogP contribution in [0.3, 0.4) is 0 Å². The molecule has 2 saturated heterocycles. The van der Waals surface area contributed by atoms with Crippen LogP contribution in [-0.4, -0.2) is 88.6 Å². The van der Waals surface area contributed by atoms with Gasteiger partial charge in [0, 0.05) is 31.7 Å². The van der Waals surface area contributed by atoms with Crippen molar-refractivity contribution in [1.29, 1.82) is 0 Å². The lowest BCUT2D eigenvalue weighted by molar-refractivity contribution is -0.130. The quantitative estimate of drug-likeness (QED) is 0.636. The minimum absolute atomic E-state index is 0.00976. The molecule has 3 fully saturated rings. The van der Waals surface area contributed by atoms with E-state index in [0.29, 0.717) is 25.7 Å². The first kappa shape index (κ1) is 21.7. The van der Waals surface area contributed by atoms with Crippen molar-refractivity contribution in [2.75, 3.05) is 39.5 Å². The summed E-state index contributed by atoms with van der Waals surface area (Å²) in [5, 5.41) is 21.5. The molecule has 3 heterocycles. The molecule has 30 heavy (non-hydrogen) atoms. The van der Waals surface area contributed by atoms with Crippen LogP contribution >= 0.6 is 0 Å². The van der Waals surface area contributed by atoms with Crippen LogP contribution in [0, 0.1) is 0 Å². The maximum Gasteiger partial charge on any atom is 0.234 e. The fraction of sp³-hybridized carbons (Fsp3) is 0.857. The van der Waals surface area contributed by atoms with Crippen LogP contribution in [0.1, 0.15) is 56.6 Å². The van der Waals surface area contributed by atoms with Crippen LogP contribution in [0.5, 0.6) is 0 Å². The minimum Gasteiger partial charge on any atom is -0.394 e. The monoisotopic (exact) mass is 421 g/mol. The summed E-state index contributed by atoms with van der Waals surface area (Å²) in [6, 6.07) is -0.139. The molecule has 1 saturated carbocycles. The summed E-state index contributed by atoms with van der Waals surface area (Å²) in [4.78, 5) is 14.5. The molecule has 9 nitrogen and oxygen atoms in total. The van der Waals surface area contributed by atoms with Crippen LogP contribution in [-0.2, 0) is 20.8 Å². The van der Waals surface area contributed by atoms with Gasteiger partial charge in [-0.05, 0) is 32.1 Å². The molecule has 0 bridgehead atoms. The number of aliphatic hydroxyl groups excluding tert-OH is 1. The van der Waals surface area contributed by atoms with Crippen molar-refractivity contribution in [3.05, 3.63) is 11.9 Å². The molecule has 0 spiro atoms. The first-order valence-electron chi connectivity index (χ1n) is 11.5. The Hall–Kier alpha value is -1.55. The van der Waals surface area contributed by atoms with Crippen molar-refractivity contribution in [1.82, 2.24) is 25.2 Å². The van der Waals surface area contributed by atoms with Gasteiger partial charge in [0.15, 0.2) is 0 Å². The van der Waals surface area contributed by atoms with Gasteiger partial charge in [0.1, 0.15) is 6.10 Å². The zero-order valence-corrected chi connectivity index (χ0v) is 17.7. The molecule has 1 amide bonds. The number of nitrogens with zero attached hydrogens (tertiary/aromatic N) is 4. The summed E-state index contributed by atoms with van der Waals surface area (Å²) in [5.41, 5.74) is 1.12. The van der Waals surface area contributed by atoms with E-state index < -0.39 is 0 Å². The Morgan fingerprint density at radius 1 is 1.20 bits per heavy atom. The van der Waals surface area contributed by atoms with Crippen LogP contribution < -0.4 is 5.32 Å². The number of hydrogen-bond acceptors (Lipinski definition) is 7. The largest absolute Gasteiger partial charge is 0.394 e. The molecular formula is C21H35N5O4. The van der Waals surface area contributed by atoms with Crippen molar-refractivity contribution in [2.24, 2.45) is 0 Å². The molecular weight excluding hydrogens is 386 g/mol. The number of nitrogens with one attached hydrogen (secondary N) is 1. The predicted octanol–water partition coefficient (Wildman–Crippen LogP) is 0.683. The second-order valence-corrected chi connectivity index (χ2v) is 8.80. The molecule has 2 aliphatic heterocycles. The Morgan fingerprint density at radius 2 is 2.00 bits per heavy atom. The molecule has 1 aromatic rings. The highest BCUT2D eigenvalue weighted by atomic mass is 16.5. The van der Waals surface area contributed by atoms with E-state index in [0.717, 1.165) is 44.6 Å². The molecule has 168 valence electrons. The molecule has 0 unspecified atom stereocenters. The van der Waals surface area contributed by atoms with E-state index in [-0.39, 0.29) is 30.8 Å². The molecule has 0 radical (unpaired) electrons. The van der Waals surface area contributed by atoms with Gasteiger partial charge in [0.2, 0.25) is 5.91 Å². The third-order valence-electron chi connectivity index (χ3n) is 6.62. The molecule has 0 aromatic carbocycles. The van der Waals surface area contributed by atoms with Crippen molar-refractivity contribution < 1.29 is 19.4 Å². The van der Waals surface area contributed by atoms with Crippen molar-refractivity contribution >= 4 is 5.91 Å². The lowest BCUT2D eigenvalue weighted by Gasteiger charge is -2.36. The molecule has 2 N–H and O–H groups in total. The maximum absolute atomic E-state index is 12.4. The van der Waals surface area contributed by atoms with Gasteiger partial charge in [-0.25, -0.2) is 0 Å². The fourth-order valence-electron chi connectivity index (χ4n) is 4.83. The van der Waals surface area contributed by atoms with E-state index in [2.05, 4.69) is 26.7 Å². The number of carbonyl (C=O) groups excluding carboxylic acids is 1. The summed E-state index contributed by atoms with van der Waals surface area (Å²) in [7, 11) is 0. The molecule has 3 aliphatic rings. The minimum atomic E-state index is -0.359. The number of ether oxygens (including phenoxy) is 2. The predicted molar refractivity (Wildman–Crippen MR) is 110 cm³/mol. The number of carbonyl (C=O) groups is 1. The Bertz CT molecular complexity index is 672. The highest BCUT2D eigenvalue weighted by Crippen LogP contribution is 2.32. The summed E-state index contributed by atoms with van der Waals surface area (Å²) in [6.07, 6.45) is 9.33. The van der Waals surface area contributed by atoms with Crippen LogP contribution in [0.2, 0.25) is 0 Å². The lowest BCUT2D eigenvalue weighted by Crippen LogP contribution is -2.53. The number of aromatic nitrogens is 3. The van der Waals surface area contributed by atoms with Gasteiger partial charge in [-0.3, -0.25) is 14.4 Å². The standard InChI is InChI=1S/C21H35N5O4/c27-15-20-18(22-21(28)14-25-9-11-29-12-10-25)6-5-17(30-20)7-8-26-13-19(23-24-26)16-3-1-2-4-16/h13,16-18,20,27H,1-12,14-15H2,(H,22,28)/t17-,18+,20+/m0/s1. The van der Waals surface area contributed by atoms with Crippen molar-refractivity contribution in [2.45, 2.75) is 75.7 Å². The van der Waals surface area contributed by atoms with Crippen molar-refractivity contribution in [3.8, 4) is 0 Å². The second kappa shape index (κ2) is 10.7. The van der Waals surface area contributed by atoms with Crippen LogP contribution in [0.4, 0.5) is 0 Å². The van der Waals surface area contributed by atoms with E-state index in [4.69, 9.17) is 9.47 Å². The number of aryl methyl sites for hydroxylation is 1.